The van der Waals surface area contributed by atoms with E-state index in [1.165, 1.54) is 11.3 Å². The summed E-state index contributed by atoms with van der Waals surface area (Å²) in [4.78, 5) is 17.2. The lowest BCUT2D eigenvalue weighted by atomic mass is 10.2. The molecule has 94 valence electrons. The van der Waals surface area contributed by atoms with Gasteiger partial charge < -0.3 is 5.32 Å². The van der Waals surface area contributed by atoms with Crippen LogP contribution in [0.15, 0.2) is 18.2 Å². The number of aromatic nitrogens is 1. The lowest BCUT2D eigenvalue weighted by Gasteiger charge is -2.07. The summed E-state index contributed by atoms with van der Waals surface area (Å²) >= 11 is 7.40. The fourth-order valence-corrected chi connectivity index (χ4v) is 2.73. The number of carbonyl (C=O) groups is 1. The Bertz CT molecular complexity index is 607. The van der Waals surface area contributed by atoms with Crippen molar-refractivity contribution in [3.63, 3.8) is 0 Å². The van der Waals surface area contributed by atoms with Crippen LogP contribution in [0.5, 0.6) is 0 Å². The molecule has 0 radical (unpaired) electrons. The highest BCUT2D eigenvalue weighted by molar-refractivity contribution is 7.11. The minimum Gasteiger partial charge on any atom is -0.320 e. The molecule has 0 unspecified atom stereocenters. The van der Waals surface area contributed by atoms with E-state index in [-0.39, 0.29) is 5.91 Å². The molecule has 0 aliphatic rings. The Balaban J connectivity index is 2.24. The lowest BCUT2D eigenvalue weighted by molar-refractivity contribution is 0.102. The number of thiazole rings is 1. The normalized spacial score (nSPS) is 10.4. The molecule has 2 rings (SSSR count). The predicted molar refractivity (Wildman–Crippen MR) is 75.7 cm³/mol. The fourth-order valence-electron chi connectivity index (χ4n) is 1.69. The number of benzene rings is 1. The van der Waals surface area contributed by atoms with Crippen molar-refractivity contribution in [2.24, 2.45) is 0 Å². The van der Waals surface area contributed by atoms with E-state index in [0.717, 1.165) is 21.1 Å². The van der Waals surface area contributed by atoms with Gasteiger partial charge in [-0.1, -0.05) is 11.6 Å². The van der Waals surface area contributed by atoms with Gasteiger partial charge in [-0.25, -0.2) is 4.98 Å². The Hall–Kier alpha value is -1.39. The second-order valence-electron chi connectivity index (χ2n) is 4.05. The van der Waals surface area contributed by atoms with Gasteiger partial charge in [-0.3, -0.25) is 4.79 Å². The molecule has 1 aromatic carbocycles. The molecule has 1 N–H and O–H groups in total. The number of nitrogens with zero attached hydrogens (tertiary/aromatic N) is 1. The number of nitrogens with one attached hydrogen (secondary N) is 1. The van der Waals surface area contributed by atoms with Crippen LogP contribution in [-0.2, 0) is 0 Å². The molecule has 1 heterocycles. The van der Waals surface area contributed by atoms with E-state index in [0.29, 0.717) is 10.7 Å². The monoisotopic (exact) mass is 280 g/mol. The third-order valence-corrected chi connectivity index (χ3v) is 3.68. The van der Waals surface area contributed by atoms with Gasteiger partial charge >= 0.3 is 0 Å². The minimum absolute atomic E-state index is 0.178. The Morgan fingerprint density at radius 1 is 1.33 bits per heavy atom. The summed E-state index contributed by atoms with van der Waals surface area (Å²) in [5.41, 5.74) is 2.18. The molecular weight excluding hydrogens is 268 g/mol. The third kappa shape index (κ3) is 2.71. The topological polar surface area (TPSA) is 42.0 Å². The van der Waals surface area contributed by atoms with E-state index in [1.807, 2.05) is 26.8 Å². The molecule has 0 aliphatic carbocycles. The number of halogens is 1. The molecule has 18 heavy (non-hydrogen) atoms. The van der Waals surface area contributed by atoms with E-state index in [9.17, 15) is 4.79 Å². The average Bonchev–Trinajstić information content (AvgIpc) is 2.62. The van der Waals surface area contributed by atoms with Crippen molar-refractivity contribution < 1.29 is 4.79 Å². The van der Waals surface area contributed by atoms with Crippen LogP contribution in [0.3, 0.4) is 0 Å². The third-order valence-electron chi connectivity index (χ3n) is 2.56. The summed E-state index contributed by atoms with van der Waals surface area (Å²) in [6.45, 7) is 5.69. The Morgan fingerprint density at radius 3 is 2.61 bits per heavy atom. The van der Waals surface area contributed by atoms with Gasteiger partial charge in [-0.05, 0) is 44.5 Å². The fraction of sp³-hybridized carbons (Fsp3) is 0.231. The molecule has 1 amide bonds. The van der Waals surface area contributed by atoms with Crippen molar-refractivity contribution in [2.75, 3.05) is 5.32 Å². The van der Waals surface area contributed by atoms with Crippen LogP contribution in [0.25, 0.3) is 0 Å². The number of hydrogen-bond acceptors (Lipinski definition) is 3. The van der Waals surface area contributed by atoms with Crippen molar-refractivity contribution in [1.82, 2.24) is 4.98 Å². The maximum atomic E-state index is 12.1. The summed E-state index contributed by atoms with van der Waals surface area (Å²) in [7, 11) is 0. The molecule has 2 aromatic rings. The quantitative estimate of drug-likeness (QED) is 0.904. The highest BCUT2D eigenvalue weighted by atomic mass is 35.5. The van der Waals surface area contributed by atoms with Crippen LogP contribution in [0.4, 0.5) is 5.69 Å². The van der Waals surface area contributed by atoms with Crippen LogP contribution < -0.4 is 5.32 Å². The van der Waals surface area contributed by atoms with Gasteiger partial charge in [0, 0.05) is 15.6 Å². The molecule has 0 saturated carbocycles. The van der Waals surface area contributed by atoms with E-state index in [2.05, 4.69) is 10.3 Å². The molecule has 1 aromatic heterocycles. The first-order valence-electron chi connectivity index (χ1n) is 5.49. The van der Waals surface area contributed by atoms with E-state index < -0.39 is 0 Å². The van der Waals surface area contributed by atoms with Crippen molar-refractivity contribution in [1.29, 1.82) is 0 Å². The zero-order valence-corrected chi connectivity index (χ0v) is 11.9. The summed E-state index contributed by atoms with van der Waals surface area (Å²) in [5, 5.41) is 4.41. The van der Waals surface area contributed by atoms with Gasteiger partial charge in [0.05, 0.1) is 5.01 Å². The number of amides is 1. The number of rotatable bonds is 2. The largest absolute Gasteiger partial charge is 0.320 e. The number of anilines is 1. The van der Waals surface area contributed by atoms with Crippen LogP contribution in [-0.4, -0.2) is 10.9 Å². The second kappa shape index (κ2) is 5.08. The number of carbonyl (C=O) groups excluding carboxylic acids is 1. The zero-order chi connectivity index (χ0) is 13.3. The van der Waals surface area contributed by atoms with Crippen molar-refractivity contribution in [3.05, 3.63) is 44.4 Å². The van der Waals surface area contributed by atoms with Gasteiger partial charge in [0.1, 0.15) is 5.69 Å². The minimum atomic E-state index is -0.178. The van der Waals surface area contributed by atoms with E-state index in [4.69, 9.17) is 11.6 Å². The van der Waals surface area contributed by atoms with Gasteiger partial charge in [0.2, 0.25) is 0 Å². The maximum Gasteiger partial charge on any atom is 0.275 e. The molecule has 0 spiro atoms. The van der Waals surface area contributed by atoms with Crippen LogP contribution in [0, 0.1) is 20.8 Å². The highest BCUT2D eigenvalue weighted by Gasteiger charge is 2.14. The smallest absolute Gasteiger partial charge is 0.275 e. The van der Waals surface area contributed by atoms with Gasteiger partial charge in [-0.2, -0.15) is 0 Å². The standard InChI is InChI=1S/C13H13ClN2OS/c1-7-6-10(14)4-5-11(7)16-13(17)12-8(2)18-9(3)15-12/h4-6H,1-3H3,(H,16,17). The van der Waals surface area contributed by atoms with Crippen molar-refractivity contribution in [2.45, 2.75) is 20.8 Å². The number of hydrogen-bond donors (Lipinski definition) is 1. The average molecular weight is 281 g/mol. The van der Waals surface area contributed by atoms with Crippen molar-refractivity contribution >= 4 is 34.5 Å². The maximum absolute atomic E-state index is 12.1. The number of aryl methyl sites for hydroxylation is 3. The Labute approximate surface area is 115 Å². The van der Waals surface area contributed by atoms with Gasteiger partial charge in [0.15, 0.2) is 0 Å². The lowest BCUT2D eigenvalue weighted by Crippen LogP contribution is -2.14. The van der Waals surface area contributed by atoms with Crippen LogP contribution in [0.2, 0.25) is 5.02 Å². The van der Waals surface area contributed by atoms with Gasteiger partial charge in [-0.15, -0.1) is 11.3 Å². The summed E-state index contributed by atoms with van der Waals surface area (Å²) in [6, 6.07) is 5.36. The molecule has 3 nitrogen and oxygen atoms in total. The first-order valence-corrected chi connectivity index (χ1v) is 6.68. The zero-order valence-electron chi connectivity index (χ0n) is 10.4. The summed E-state index contributed by atoms with van der Waals surface area (Å²) in [5.74, 6) is -0.178. The molecule has 0 atom stereocenters. The van der Waals surface area contributed by atoms with E-state index in [1.54, 1.807) is 12.1 Å². The Kier molecular flexibility index (Phi) is 3.68. The SMILES string of the molecule is Cc1nc(C(=O)Nc2ccc(Cl)cc2C)c(C)s1. The van der Waals surface area contributed by atoms with Crippen molar-refractivity contribution in [3.8, 4) is 0 Å². The highest BCUT2D eigenvalue weighted by Crippen LogP contribution is 2.22. The van der Waals surface area contributed by atoms with Crippen LogP contribution in [0.1, 0.15) is 25.9 Å². The molecular formula is C13H13ClN2OS. The summed E-state index contributed by atoms with van der Waals surface area (Å²) in [6.07, 6.45) is 0. The molecule has 0 aliphatic heterocycles. The second-order valence-corrected chi connectivity index (χ2v) is 5.89. The van der Waals surface area contributed by atoms with E-state index >= 15 is 0 Å². The molecule has 0 fully saturated rings. The molecule has 5 heteroatoms. The predicted octanol–water partition coefficient (Wildman–Crippen LogP) is 3.97. The first kappa shape index (κ1) is 13.1. The summed E-state index contributed by atoms with van der Waals surface area (Å²) < 4.78 is 0. The van der Waals surface area contributed by atoms with Gasteiger partial charge in [0.25, 0.3) is 5.91 Å². The van der Waals surface area contributed by atoms with Crippen LogP contribution >= 0.6 is 22.9 Å². The first-order chi connectivity index (χ1) is 8.47. The molecule has 0 saturated heterocycles. The Morgan fingerprint density at radius 2 is 2.06 bits per heavy atom. The molecule has 0 bridgehead atoms.